The van der Waals surface area contributed by atoms with Crippen LogP contribution in [0.3, 0.4) is 0 Å². The summed E-state index contributed by atoms with van der Waals surface area (Å²) in [7, 11) is -0.690. The van der Waals surface area contributed by atoms with E-state index in [1.54, 1.807) is 32.8 Å². The zero-order chi connectivity index (χ0) is 47.6. The van der Waals surface area contributed by atoms with Crippen molar-refractivity contribution in [1.82, 2.24) is 4.90 Å². The van der Waals surface area contributed by atoms with Gasteiger partial charge in [0.05, 0.1) is 44.3 Å². The fourth-order valence-electron chi connectivity index (χ4n) is 7.49. The maximum Gasteiger partial charge on any atom is 0.410 e. The van der Waals surface area contributed by atoms with Crippen LogP contribution in [0.1, 0.15) is 117 Å². The number of methoxy groups -OCH3 is 1. The average Bonchev–Trinajstić information content (AvgIpc) is 3.70. The van der Waals surface area contributed by atoms with E-state index in [1.807, 2.05) is 84.9 Å². The molecule has 0 saturated carbocycles. The Hall–Kier alpha value is -4.72. The van der Waals surface area contributed by atoms with Gasteiger partial charge < -0.3 is 32.8 Å². The van der Waals surface area contributed by atoms with Crippen molar-refractivity contribution in [2.45, 2.75) is 168 Å². The lowest BCUT2D eigenvalue weighted by Gasteiger charge is -2.38. The first-order valence-electron chi connectivity index (χ1n) is 23.4. The zero-order valence-electron chi connectivity index (χ0n) is 40.5. The minimum atomic E-state index is -2.29. The number of likely N-dealkylation sites (tertiary alicyclic amines) is 1. The van der Waals surface area contributed by atoms with Crippen molar-refractivity contribution in [2.24, 2.45) is 11.8 Å². The Balaban J connectivity index is 1.59. The fourth-order valence-corrected chi connectivity index (χ4v) is 8.85. The van der Waals surface area contributed by atoms with Gasteiger partial charge in [-0.1, -0.05) is 140 Å². The van der Waals surface area contributed by atoms with Crippen LogP contribution in [0.5, 0.6) is 5.75 Å². The number of rotatable bonds is 25. The maximum atomic E-state index is 14.4. The highest BCUT2D eigenvalue weighted by molar-refractivity contribution is 6.74. The normalized spacial score (nSPS) is 17.2. The summed E-state index contributed by atoms with van der Waals surface area (Å²) in [6.07, 6.45) is 1.68. The number of ether oxygens (including phenoxy) is 6. The van der Waals surface area contributed by atoms with Crippen molar-refractivity contribution < 1.29 is 52.0 Å². The van der Waals surface area contributed by atoms with Gasteiger partial charge in [-0.25, -0.2) is 9.59 Å². The maximum absolute atomic E-state index is 14.4. The van der Waals surface area contributed by atoms with Crippen LogP contribution in [0, 0.1) is 11.8 Å². The van der Waals surface area contributed by atoms with E-state index in [0.29, 0.717) is 18.6 Å². The molecular weight excluding hydrogens is 843 g/mol. The van der Waals surface area contributed by atoms with E-state index in [9.17, 15) is 19.2 Å². The molecule has 65 heavy (non-hydrogen) atoms. The number of hydrogen-bond donors (Lipinski definition) is 0. The molecule has 1 fully saturated rings. The number of amides is 1. The van der Waals surface area contributed by atoms with E-state index < -0.39 is 62.6 Å². The molecule has 0 N–H and O–H groups in total. The molecule has 13 heteroatoms. The van der Waals surface area contributed by atoms with Gasteiger partial charge in [0.2, 0.25) is 6.10 Å². The lowest BCUT2D eigenvalue weighted by Crippen LogP contribution is -2.46. The molecule has 358 valence electrons. The third-order valence-corrected chi connectivity index (χ3v) is 17.1. The van der Waals surface area contributed by atoms with Crippen LogP contribution in [0.2, 0.25) is 18.1 Å². The van der Waals surface area contributed by atoms with Crippen LogP contribution in [-0.2, 0) is 62.3 Å². The number of nitrogens with zero attached hydrogens (tertiary/aromatic N) is 1. The van der Waals surface area contributed by atoms with Gasteiger partial charge in [-0.3, -0.25) is 14.5 Å². The molecule has 0 radical (unpaired) electrons. The van der Waals surface area contributed by atoms with Crippen LogP contribution < -0.4 is 4.74 Å². The predicted octanol–water partition coefficient (Wildman–Crippen LogP) is 11.0. The SMILES string of the molecule is CCCCCCC[C@@H](OC(=O)C[C@@H](OCc1ccc(OC)cc1)[C@@H]1C[C@@H](O[Si](C)(C)C(C)(C)C)CN1C(=O)OCc1ccccc1)[C@H](C)C(=O)O[C@H](C(=O)OCc1ccccc1)C(C)C. The monoisotopic (exact) mass is 918 g/mol. The van der Waals surface area contributed by atoms with Gasteiger partial charge in [0, 0.05) is 12.5 Å². The van der Waals surface area contributed by atoms with Crippen molar-refractivity contribution in [1.29, 1.82) is 0 Å². The lowest BCUT2D eigenvalue weighted by molar-refractivity contribution is -0.179. The van der Waals surface area contributed by atoms with E-state index in [-0.39, 0.29) is 49.8 Å². The first-order chi connectivity index (χ1) is 30.9. The highest BCUT2D eigenvalue weighted by Gasteiger charge is 2.47. The van der Waals surface area contributed by atoms with Crippen LogP contribution in [0.15, 0.2) is 84.9 Å². The van der Waals surface area contributed by atoms with Crippen molar-refractivity contribution in [3.05, 3.63) is 102 Å². The second-order valence-electron chi connectivity index (χ2n) is 19.1. The molecule has 1 saturated heterocycles. The second-order valence-corrected chi connectivity index (χ2v) is 23.9. The number of carbonyl (C=O) groups is 4. The molecule has 1 amide bonds. The second kappa shape index (κ2) is 25.8. The van der Waals surface area contributed by atoms with E-state index in [4.69, 9.17) is 32.8 Å². The smallest absolute Gasteiger partial charge is 0.410 e. The van der Waals surface area contributed by atoms with Crippen LogP contribution in [0.25, 0.3) is 0 Å². The van der Waals surface area contributed by atoms with E-state index in [0.717, 1.165) is 48.8 Å². The quantitative estimate of drug-likeness (QED) is 0.0348. The van der Waals surface area contributed by atoms with E-state index in [2.05, 4.69) is 40.8 Å². The van der Waals surface area contributed by atoms with Gasteiger partial charge in [0.25, 0.3) is 0 Å². The molecule has 6 atom stereocenters. The molecule has 0 bridgehead atoms. The van der Waals surface area contributed by atoms with Gasteiger partial charge >= 0.3 is 24.0 Å². The highest BCUT2D eigenvalue weighted by atomic mass is 28.4. The van der Waals surface area contributed by atoms with E-state index in [1.165, 1.54) is 0 Å². The Kier molecular flexibility index (Phi) is 21.0. The molecular formula is C52H75NO11Si. The summed E-state index contributed by atoms with van der Waals surface area (Å²) < 4.78 is 42.5. The number of esters is 3. The summed E-state index contributed by atoms with van der Waals surface area (Å²) in [6, 6.07) is 25.6. The van der Waals surface area contributed by atoms with Crippen molar-refractivity contribution in [3.8, 4) is 5.75 Å². The minimum absolute atomic E-state index is 0.0437. The number of benzene rings is 3. The third-order valence-electron chi connectivity index (χ3n) is 12.5. The molecule has 12 nitrogen and oxygen atoms in total. The summed E-state index contributed by atoms with van der Waals surface area (Å²) in [6.45, 7) is 18.8. The molecule has 4 rings (SSSR count). The Morgan fingerprint density at radius 2 is 1.32 bits per heavy atom. The van der Waals surface area contributed by atoms with Crippen molar-refractivity contribution >= 4 is 32.3 Å². The summed E-state index contributed by atoms with van der Waals surface area (Å²) in [5, 5.41) is -0.0845. The van der Waals surface area contributed by atoms with Gasteiger partial charge in [0.1, 0.15) is 25.1 Å². The summed E-state index contributed by atoms with van der Waals surface area (Å²) in [4.78, 5) is 57.3. The Morgan fingerprint density at radius 1 is 0.738 bits per heavy atom. The first kappa shape index (κ1) is 52.9. The Morgan fingerprint density at radius 3 is 1.89 bits per heavy atom. The average molecular weight is 918 g/mol. The predicted molar refractivity (Wildman–Crippen MR) is 253 cm³/mol. The molecule has 3 aromatic carbocycles. The molecule has 1 aliphatic rings. The number of carbonyl (C=O) groups excluding carboxylic acids is 4. The molecule has 1 aliphatic heterocycles. The first-order valence-corrected chi connectivity index (χ1v) is 26.3. The molecule has 0 aliphatic carbocycles. The minimum Gasteiger partial charge on any atom is -0.497 e. The van der Waals surface area contributed by atoms with Gasteiger partial charge in [-0.2, -0.15) is 0 Å². The standard InChI is InChI=1S/C52H75NO11Si/c1-11-12-13-14-21-26-45(38(4)49(55)63-48(37(2)3)50(56)60-35-39-22-17-15-18-23-39)62-47(54)32-46(59-34-41-27-29-42(58-8)30-28-41)44-31-43(64-65(9,10)52(5,6)7)33-53(44)51(57)61-36-40-24-19-16-20-25-40/h15-20,22-25,27-30,37-38,43-46,48H,11-14,21,26,31-36H2,1-10H3/t38-,43+,44-,45+,46+,48-/m0/s1. The number of hydrogen-bond acceptors (Lipinski definition) is 11. The Bertz CT molecular complexity index is 1900. The van der Waals surface area contributed by atoms with Crippen LogP contribution >= 0.6 is 0 Å². The zero-order valence-corrected chi connectivity index (χ0v) is 41.5. The summed E-state index contributed by atoms with van der Waals surface area (Å²) in [5.74, 6) is -2.46. The molecule has 3 aromatic rings. The summed E-state index contributed by atoms with van der Waals surface area (Å²) in [5.41, 5.74) is 2.50. The highest BCUT2D eigenvalue weighted by Crippen LogP contribution is 2.40. The molecule has 0 unspecified atom stereocenters. The summed E-state index contributed by atoms with van der Waals surface area (Å²) >= 11 is 0. The van der Waals surface area contributed by atoms with Gasteiger partial charge in [-0.15, -0.1) is 0 Å². The van der Waals surface area contributed by atoms with E-state index >= 15 is 0 Å². The van der Waals surface area contributed by atoms with Crippen LogP contribution in [-0.4, -0.2) is 81.3 Å². The third kappa shape index (κ3) is 16.9. The Labute approximate surface area is 389 Å². The topological polar surface area (TPSA) is 136 Å². The number of unbranched alkanes of at least 4 members (excludes halogenated alkanes) is 4. The molecule has 0 spiro atoms. The van der Waals surface area contributed by atoms with Crippen molar-refractivity contribution in [2.75, 3.05) is 13.7 Å². The van der Waals surface area contributed by atoms with Gasteiger partial charge in [-0.05, 0) is 73.1 Å². The fraction of sp³-hybridized carbons (Fsp3) is 0.577. The molecule has 1 heterocycles. The lowest BCUT2D eigenvalue weighted by atomic mass is 9.97. The van der Waals surface area contributed by atoms with Gasteiger partial charge in [0.15, 0.2) is 8.32 Å². The molecule has 0 aromatic heterocycles. The van der Waals surface area contributed by atoms with Crippen molar-refractivity contribution in [3.63, 3.8) is 0 Å². The van der Waals surface area contributed by atoms with Crippen LogP contribution in [0.4, 0.5) is 4.79 Å². The largest absolute Gasteiger partial charge is 0.497 e.